The molecule has 2 heterocycles. The lowest BCUT2D eigenvalue weighted by atomic mass is 10.1. The number of carbonyl (C=O) groups is 1. The number of oxazole rings is 1. The van der Waals surface area contributed by atoms with Gasteiger partial charge in [0.15, 0.2) is 5.76 Å². The van der Waals surface area contributed by atoms with Crippen molar-refractivity contribution in [1.29, 1.82) is 0 Å². The number of hydrogen-bond donors (Lipinski definition) is 0. The first kappa shape index (κ1) is 17.4. The molecule has 0 N–H and O–H groups in total. The summed E-state index contributed by atoms with van der Waals surface area (Å²) in [4.78, 5) is 16.7. The fourth-order valence-electron chi connectivity index (χ4n) is 3.05. The molecule has 4 rings (SSSR count). The summed E-state index contributed by atoms with van der Waals surface area (Å²) in [5, 5.41) is 0. The maximum Gasteiger partial charge on any atom is 0.339 e. The molecule has 138 valence electrons. The second-order valence-electron chi connectivity index (χ2n) is 6.29. The molecule has 0 bridgehead atoms. The summed E-state index contributed by atoms with van der Waals surface area (Å²) in [6, 6.07) is 13.2. The Kier molecular flexibility index (Phi) is 4.98. The average Bonchev–Trinajstić information content (AvgIpc) is 3.38. The number of halogens is 1. The van der Waals surface area contributed by atoms with E-state index in [1.165, 1.54) is 12.3 Å². The van der Waals surface area contributed by atoms with Gasteiger partial charge in [0.2, 0.25) is 5.89 Å². The van der Waals surface area contributed by atoms with Crippen LogP contribution in [0.3, 0.4) is 0 Å². The highest BCUT2D eigenvalue weighted by atomic mass is 19.1. The number of esters is 1. The van der Waals surface area contributed by atoms with Gasteiger partial charge in [-0.1, -0.05) is 24.3 Å². The molecule has 1 atom stereocenters. The summed E-state index contributed by atoms with van der Waals surface area (Å²) in [6.45, 7) is 0.924. The minimum Gasteiger partial charge on any atom is -0.459 e. The predicted molar refractivity (Wildman–Crippen MR) is 96.6 cm³/mol. The van der Waals surface area contributed by atoms with Crippen molar-refractivity contribution in [2.45, 2.75) is 18.9 Å². The first-order chi connectivity index (χ1) is 13.2. The molecule has 6 heteroatoms. The lowest BCUT2D eigenvalue weighted by Gasteiger charge is -2.11. The Morgan fingerprint density at radius 3 is 2.70 bits per heavy atom. The van der Waals surface area contributed by atoms with Crippen molar-refractivity contribution >= 4 is 5.97 Å². The highest BCUT2D eigenvalue weighted by Gasteiger charge is 2.21. The molecule has 0 unspecified atom stereocenters. The smallest absolute Gasteiger partial charge is 0.339 e. The van der Waals surface area contributed by atoms with Crippen molar-refractivity contribution in [3.8, 4) is 22.8 Å². The van der Waals surface area contributed by atoms with E-state index in [-0.39, 0.29) is 18.6 Å². The van der Waals surface area contributed by atoms with E-state index in [4.69, 9.17) is 13.9 Å². The molecule has 27 heavy (non-hydrogen) atoms. The third-order valence-corrected chi connectivity index (χ3v) is 4.45. The Labute approximate surface area is 155 Å². The van der Waals surface area contributed by atoms with E-state index >= 15 is 0 Å². The Balaban J connectivity index is 1.58. The van der Waals surface area contributed by atoms with E-state index < -0.39 is 11.8 Å². The SMILES string of the molecule is O=C(OC[C@H]1CCCO1)c1ccccc1-c1ncc(-c2ccccc2F)o1. The van der Waals surface area contributed by atoms with Gasteiger partial charge in [-0.2, -0.15) is 0 Å². The Morgan fingerprint density at radius 2 is 1.93 bits per heavy atom. The fraction of sp³-hybridized carbons (Fsp3) is 0.238. The summed E-state index contributed by atoms with van der Waals surface area (Å²) in [5.41, 5.74) is 1.16. The minimum atomic E-state index is -0.466. The quantitative estimate of drug-likeness (QED) is 0.622. The van der Waals surface area contributed by atoms with Crippen LogP contribution in [-0.4, -0.2) is 30.3 Å². The van der Waals surface area contributed by atoms with Crippen LogP contribution in [0.2, 0.25) is 0 Å². The second kappa shape index (κ2) is 7.72. The molecule has 0 saturated carbocycles. The first-order valence-corrected chi connectivity index (χ1v) is 8.81. The molecule has 1 aromatic heterocycles. The van der Waals surface area contributed by atoms with Crippen LogP contribution < -0.4 is 0 Å². The fourth-order valence-corrected chi connectivity index (χ4v) is 3.05. The summed E-state index contributed by atoms with van der Waals surface area (Å²) in [7, 11) is 0. The lowest BCUT2D eigenvalue weighted by molar-refractivity contribution is 0.0162. The van der Waals surface area contributed by atoms with Crippen LogP contribution in [0.25, 0.3) is 22.8 Å². The predicted octanol–water partition coefficient (Wildman–Crippen LogP) is 4.48. The Bertz CT molecular complexity index is 947. The van der Waals surface area contributed by atoms with E-state index in [9.17, 15) is 9.18 Å². The van der Waals surface area contributed by atoms with Crippen molar-refractivity contribution in [1.82, 2.24) is 4.98 Å². The Morgan fingerprint density at radius 1 is 1.15 bits per heavy atom. The molecule has 5 nitrogen and oxygen atoms in total. The maximum atomic E-state index is 14.0. The van der Waals surface area contributed by atoms with E-state index in [0.29, 0.717) is 29.1 Å². The molecular weight excluding hydrogens is 349 g/mol. The highest BCUT2D eigenvalue weighted by Crippen LogP contribution is 2.30. The standard InChI is InChI=1S/C21H18FNO4/c22-18-10-4-3-9-17(18)19-12-23-20(27-19)15-7-1-2-8-16(15)21(24)26-13-14-6-5-11-25-14/h1-4,7-10,12,14H,5-6,11,13H2/t14-/m1/s1. The Hall–Kier alpha value is -2.99. The number of carbonyl (C=O) groups excluding carboxylic acids is 1. The zero-order valence-corrected chi connectivity index (χ0v) is 14.6. The molecule has 3 aromatic rings. The largest absolute Gasteiger partial charge is 0.459 e. The topological polar surface area (TPSA) is 61.6 Å². The lowest BCUT2D eigenvalue weighted by Crippen LogP contribution is -2.18. The molecule has 1 saturated heterocycles. The summed E-state index contributed by atoms with van der Waals surface area (Å²) in [5.74, 6) is -0.334. The van der Waals surface area contributed by atoms with Gasteiger partial charge < -0.3 is 13.9 Å². The third-order valence-electron chi connectivity index (χ3n) is 4.45. The van der Waals surface area contributed by atoms with Crippen LogP contribution in [0.15, 0.2) is 59.1 Å². The molecule has 1 aliphatic rings. The van der Waals surface area contributed by atoms with Gasteiger partial charge in [-0.25, -0.2) is 14.2 Å². The van der Waals surface area contributed by atoms with Gasteiger partial charge in [0.25, 0.3) is 0 Å². The molecule has 1 fully saturated rings. The molecule has 0 aliphatic carbocycles. The highest BCUT2D eigenvalue weighted by molar-refractivity contribution is 5.96. The van der Waals surface area contributed by atoms with E-state index in [0.717, 1.165) is 12.8 Å². The molecule has 0 spiro atoms. The molecule has 0 amide bonds. The molecule has 2 aromatic carbocycles. The van der Waals surface area contributed by atoms with Crippen molar-refractivity contribution < 1.29 is 23.1 Å². The maximum absolute atomic E-state index is 14.0. The second-order valence-corrected chi connectivity index (χ2v) is 6.29. The monoisotopic (exact) mass is 367 g/mol. The van der Waals surface area contributed by atoms with Crippen LogP contribution in [-0.2, 0) is 9.47 Å². The number of rotatable bonds is 5. The van der Waals surface area contributed by atoms with Gasteiger partial charge in [0.1, 0.15) is 12.4 Å². The van der Waals surface area contributed by atoms with Gasteiger partial charge in [-0.15, -0.1) is 0 Å². The number of hydrogen-bond acceptors (Lipinski definition) is 5. The summed E-state index contributed by atoms with van der Waals surface area (Å²) in [6.07, 6.45) is 3.27. The molecule has 1 aliphatic heterocycles. The van der Waals surface area contributed by atoms with Crippen LogP contribution in [0.5, 0.6) is 0 Å². The van der Waals surface area contributed by atoms with Gasteiger partial charge in [0, 0.05) is 6.61 Å². The zero-order valence-electron chi connectivity index (χ0n) is 14.6. The number of ether oxygens (including phenoxy) is 2. The zero-order chi connectivity index (χ0) is 18.6. The summed E-state index contributed by atoms with van der Waals surface area (Å²) >= 11 is 0. The summed E-state index contributed by atoms with van der Waals surface area (Å²) < 4.78 is 30.6. The number of benzene rings is 2. The van der Waals surface area contributed by atoms with E-state index in [2.05, 4.69) is 4.98 Å². The van der Waals surface area contributed by atoms with Crippen molar-refractivity contribution in [3.05, 3.63) is 66.1 Å². The molecular formula is C21H18FNO4. The van der Waals surface area contributed by atoms with E-state index in [1.807, 2.05) is 0 Å². The van der Waals surface area contributed by atoms with Crippen molar-refractivity contribution in [3.63, 3.8) is 0 Å². The van der Waals surface area contributed by atoms with Crippen LogP contribution in [0.1, 0.15) is 23.2 Å². The molecule has 0 radical (unpaired) electrons. The van der Waals surface area contributed by atoms with Crippen LogP contribution in [0.4, 0.5) is 4.39 Å². The number of aromatic nitrogens is 1. The normalized spacial score (nSPS) is 16.4. The van der Waals surface area contributed by atoms with Gasteiger partial charge in [0.05, 0.1) is 29.0 Å². The average molecular weight is 367 g/mol. The van der Waals surface area contributed by atoms with Crippen LogP contribution >= 0.6 is 0 Å². The number of nitrogens with zero attached hydrogens (tertiary/aromatic N) is 1. The van der Waals surface area contributed by atoms with Crippen LogP contribution in [0, 0.1) is 5.82 Å². The van der Waals surface area contributed by atoms with E-state index in [1.54, 1.807) is 42.5 Å². The van der Waals surface area contributed by atoms with Gasteiger partial charge >= 0.3 is 5.97 Å². The van der Waals surface area contributed by atoms with Gasteiger partial charge in [-0.05, 0) is 37.1 Å². The third kappa shape index (κ3) is 3.75. The van der Waals surface area contributed by atoms with Gasteiger partial charge in [-0.3, -0.25) is 0 Å². The van der Waals surface area contributed by atoms with Crippen molar-refractivity contribution in [2.75, 3.05) is 13.2 Å². The minimum absolute atomic E-state index is 0.0458. The first-order valence-electron chi connectivity index (χ1n) is 8.81. The van der Waals surface area contributed by atoms with Crippen molar-refractivity contribution in [2.24, 2.45) is 0 Å².